The lowest BCUT2D eigenvalue weighted by Gasteiger charge is -2.39. The molecule has 10 nitrogen and oxygen atoms in total. The molecule has 1 aliphatic rings. The predicted octanol–water partition coefficient (Wildman–Crippen LogP) is 9.67. The van der Waals surface area contributed by atoms with Crippen LogP contribution in [0.3, 0.4) is 0 Å². The molecule has 0 saturated carbocycles. The minimum absolute atomic E-state index is 0.219. The molecule has 10 heteroatoms. The Labute approximate surface area is 346 Å². The average molecular weight is 807 g/mol. The van der Waals surface area contributed by atoms with Crippen LogP contribution in [0, 0.1) is 0 Å². The number of unbranched alkanes of at least 4 members (excludes halogenated alkanes) is 18. The summed E-state index contributed by atoms with van der Waals surface area (Å²) in [4.78, 5) is 25.3. The van der Waals surface area contributed by atoms with Gasteiger partial charge in [-0.2, -0.15) is 0 Å². The Morgan fingerprint density at radius 3 is 1.53 bits per heavy atom. The molecule has 1 heterocycles. The zero-order chi connectivity index (χ0) is 41.6. The highest BCUT2D eigenvalue weighted by molar-refractivity contribution is 5.70. The highest BCUT2D eigenvalue weighted by Gasteiger charge is 2.44. The molecular weight excluding hydrogens is 725 g/mol. The van der Waals surface area contributed by atoms with Crippen molar-refractivity contribution in [1.82, 2.24) is 0 Å². The van der Waals surface area contributed by atoms with Gasteiger partial charge in [0.1, 0.15) is 31.0 Å². The fourth-order valence-electron chi connectivity index (χ4n) is 6.54. The first kappa shape index (κ1) is 52.7. The number of aliphatic hydroxyl groups is 4. The number of carbonyl (C=O) groups is 2. The largest absolute Gasteiger partial charge is 0.462 e. The van der Waals surface area contributed by atoms with Crippen LogP contribution < -0.4 is 0 Å². The first-order chi connectivity index (χ1) is 27.8. The van der Waals surface area contributed by atoms with Gasteiger partial charge in [-0.05, 0) is 77.0 Å². The fraction of sp³-hybridized carbons (Fsp3) is 0.787. The average Bonchev–Trinajstić information content (AvgIpc) is 3.21. The van der Waals surface area contributed by atoms with Crippen LogP contribution in [0.4, 0.5) is 0 Å². The Balaban J connectivity index is 2.35. The van der Waals surface area contributed by atoms with E-state index >= 15 is 0 Å². The lowest BCUT2D eigenvalue weighted by atomic mass is 9.99. The Morgan fingerprint density at radius 2 is 0.982 bits per heavy atom. The Kier molecular flexibility index (Phi) is 35.0. The van der Waals surface area contributed by atoms with Gasteiger partial charge in [-0.1, -0.05) is 140 Å². The summed E-state index contributed by atoms with van der Waals surface area (Å²) in [5.74, 6) is -0.838. The van der Waals surface area contributed by atoms with Crippen molar-refractivity contribution >= 4 is 11.9 Å². The molecule has 0 radical (unpaired) electrons. The molecule has 4 N–H and O–H groups in total. The summed E-state index contributed by atoms with van der Waals surface area (Å²) in [6.07, 6.45) is 36.8. The van der Waals surface area contributed by atoms with E-state index in [0.717, 1.165) is 64.2 Å². The van der Waals surface area contributed by atoms with E-state index < -0.39 is 55.4 Å². The molecular formula is C47H82O10. The Hall–Kier alpha value is -2.34. The van der Waals surface area contributed by atoms with E-state index in [-0.39, 0.29) is 26.1 Å². The molecule has 0 aromatic rings. The van der Waals surface area contributed by atoms with Crippen molar-refractivity contribution in [2.75, 3.05) is 19.8 Å². The maximum absolute atomic E-state index is 12.8. The quantitative estimate of drug-likeness (QED) is 0.0271. The smallest absolute Gasteiger partial charge is 0.306 e. The van der Waals surface area contributed by atoms with Crippen LogP contribution in [0.25, 0.3) is 0 Å². The number of rotatable bonds is 37. The molecule has 1 aliphatic heterocycles. The summed E-state index contributed by atoms with van der Waals surface area (Å²) in [5.41, 5.74) is 0. The van der Waals surface area contributed by atoms with Crippen LogP contribution in [0.15, 0.2) is 48.6 Å². The van der Waals surface area contributed by atoms with Crippen molar-refractivity contribution < 1.29 is 49.0 Å². The third-order valence-electron chi connectivity index (χ3n) is 10.2. The van der Waals surface area contributed by atoms with E-state index in [0.29, 0.717) is 12.8 Å². The van der Waals surface area contributed by atoms with Crippen molar-refractivity contribution in [2.45, 2.75) is 218 Å². The summed E-state index contributed by atoms with van der Waals surface area (Å²) in [6.45, 7) is 3.35. The standard InChI is InChI=1S/C47H82O10/c1-3-5-7-9-11-13-15-17-19-20-22-23-25-27-29-31-33-35-42(49)54-38-40(39-55-47-46(53)45(52)44(51)41(37-48)57-47)56-43(50)36-34-32-30-28-26-24-21-18-16-14-12-10-8-6-4-2/h11,13-14,16-17,19,22-23,40-41,44-48,51-53H,3-10,12,15,18,20-21,24-39H2,1-2H3/b13-11+,16-14+,19-17+,23-22+/t40-,41-,44+,45?,46?,47-/m0/s1. The summed E-state index contributed by atoms with van der Waals surface area (Å²) in [6, 6.07) is 0. The number of hydrogen-bond acceptors (Lipinski definition) is 10. The predicted molar refractivity (Wildman–Crippen MR) is 229 cm³/mol. The van der Waals surface area contributed by atoms with Gasteiger partial charge in [0.2, 0.25) is 0 Å². The highest BCUT2D eigenvalue weighted by Crippen LogP contribution is 2.22. The molecule has 0 aromatic heterocycles. The van der Waals surface area contributed by atoms with Crippen molar-refractivity contribution in [1.29, 1.82) is 0 Å². The topological polar surface area (TPSA) is 152 Å². The number of hydrogen-bond donors (Lipinski definition) is 4. The van der Waals surface area contributed by atoms with Gasteiger partial charge in [0, 0.05) is 12.8 Å². The van der Waals surface area contributed by atoms with Crippen LogP contribution >= 0.6 is 0 Å². The second-order valence-electron chi connectivity index (χ2n) is 15.5. The zero-order valence-corrected chi connectivity index (χ0v) is 35.8. The van der Waals surface area contributed by atoms with E-state index in [1.165, 1.54) is 77.0 Å². The maximum Gasteiger partial charge on any atom is 0.306 e. The SMILES string of the molecule is CCCCC/C=C/C/C=C/C/C=C/CCCCCCC(=O)OC[C@@H](CO[C@H]1O[C@@H](CO)[C@@H](O)C(O)C1O)OC(=O)CCCCCCCCC/C=C/CCCCCC. The van der Waals surface area contributed by atoms with Gasteiger partial charge >= 0.3 is 11.9 Å². The molecule has 0 bridgehead atoms. The van der Waals surface area contributed by atoms with E-state index in [9.17, 15) is 30.0 Å². The van der Waals surface area contributed by atoms with Gasteiger partial charge in [0.25, 0.3) is 0 Å². The van der Waals surface area contributed by atoms with Gasteiger partial charge in [-0.15, -0.1) is 0 Å². The Bertz CT molecular complexity index is 1070. The zero-order valence-electron chi connectivity index (χ0n) is 35.8. The summed E-state index contributed by atoms with van der Waals surface area (Å²) in [7, 11) is 0. The van der Waals surface area contributed by atoms with Crippen molar-refractivity contribution in [2.24, 2.45) is 0 Å². The highest BCUT2D eigenvalue weighted by atomic mass is 16.7. The second kappa shape index (κ2) is 37.9. The van der Waals surface area contributed by atoms with Crippen molar-refractivity contribution in [3.05, 3.63) is 48.6 Å². The van der Waals surface area contributed by atoms with Crippen LogP contribution in [0.1, 0.15) is 181 Å². The Morgan fingerprint density at radius 1 is 0.544 bits per heavy atom. The minimum atomic E-state index is -1.60. The van der Waals surface area contributed by atoms with Crippen molar-refractivity contribution in [3.63, 3.8) is 0 Å². The van der Waals surface area contributed by atoms with Gasteiger partial charge in [-0.25, -0.2) is 0 Å². The number of allylic oxidation sites excluding steroid dienone is 8. The molecule has 2 unspecified atom stereocenters. The number of ether oxygens (including phenoxy) is 4. The van der Waals surface area contributed by atoms with E-state index in [1.807, 2.05) is 0 Å². The molecule has 0 spiro atoms. The first-order valence-electron chi connectivity index (χ1n) is 22.7. The second-order valence-corrected chi connectivity index (χ2v) is 15.5. The van der Waals surface area contributed by atoms with Gasteiger partial charge in [0.15, 0.2) is 12.4 Å². The molecule has 330 valence electrons. The number of carbonyl (C=O) groups excluding carboxylic acids is 2. The van der Waals surface area contributed by atoms with E-state index in [2.05, 4.69) is 62.5 Å². The molecule has 0 aliphatic carbocycles. The number of esters is 2. The fourth-order valence-corrected chi connectivity index (χ4v) is 6.54. The van der Waals surface area contributed by atoms with Crippen LogP contribution in [-0.4, -0.2) is 89.0 Å². The third kappa shape index (κ3) is 29.5. The van der Waals surface area contributed by atoms with E-state index in [1.54, 1.807) is 0 Å². The summed E-state index contributed by atoms with van der Waals surface area (Å²) >= 11 is 0. The first-order valence-corrected chi connectivity index (χ1v) is 22.7. The lowest BCUT2D eigenvalue weighted by molar-refractivity contribution is -0.305. The summed E-state index contributed by atoms with van der Waals surface area (Å²) in [5, 5.41) is 40.1. The normalized spacial score (nSPS) is 20.7. The van der Waals surface area contributed by atoms with Gasteiger partial charge in [-0.3, -0.25) is 9.59 Å². The maximum atomic E-state index is 12.8. The molecule has 1 fully saturated rings. The van der Waals surface area contributed by atoms with Crippen LogP contribution in [-0.2, 0) is 28.5 Å². The molecule has 57 heavy (non-hydrogen) atoms. The molecule has 6 atom stereocenters. The van der Waals surface area contributed by atoms with Crippen LogP contribution in [0.5, 0.6) is 0 Å². The minimum Gasteiger partial charge on any atom is -0.462 e. The summed E-state index contributed by atoms with van der Waals surface area (Å²) < 4.78 is 22.1. The molecule has 0 aromatic carbocycles. The number of aliphatic hydroxyl groups excluding tert-OH is 4. The van der Waals surface area contributed by atoms with Gasteiger partial charge < -0.3 is 39.4 Å². The van der Waals surface area contributed by atoms with E-state index in [4.69, 9.17) is 18.9 Å². The lowest BCUT2D eigenvalue weighted by Crippen LogP contribution is -2.59. The van der Waals surface area contributed by atoms with Gasteiger partial charge in [0.05, 0.1) is 13.2 Å². The molecule has 1 saturated heterocycles. The van der Waals surface area contributed by atoms with Crippen LogP contribution in [0.2, 0.25) is 0 Å². The monoisotopic (exact) mass is 807 g/mol. The molecule has 0 amide bonds. The third-order valence-corrected chi connectivity index (χ3v) is 10.2. The molecule has 1 rings (SSSR count). The van der Waals surface area contributed by atoms with Crippen molar-refractivity contribution in [3.8, 4) is 0 Å².